The Balaban J connectivity index is 1.82. The highest BCUT2D eigenvalue weighted by molar-refractivity contribution is 8.00. The Morgan fingerprint density at radius 1 is 1.57 bits per heavy atom. The quantitative estimate of drug-likeness (QED) is 0.752. The number of nitrogens with two attached hydrogens (primary N) is 1. The highest BCUT2D eigenvalue weighted by atomic mass is 32.2. The van der Waals surface area contributed by atoms with Crippen molar-refractivity contribution in [2.45, 2.75) is 24.5 Å². The first-order valence-electron chi connectivity index (χ1n) is 5.39. The Bertz CT molecular complexity index is 216. The zero-order valence-electron chi connectivity index (χ0n) is 8.45. The van der Waals surface area contributed by atoms with E-state index >= 15 is 0 Å². The lowest BCUT2D eigenvalue weighted by molar-refractivity contribution is -0.127. The van der Waals surface area contributed by atoms with Gasteiger partial charge in [0, 0.05) is 24.8 Å². The molecular weight excluding hydrogens is 196 g/mol. The number of carbonyl (C=O) groups excluding carboxylic acids is 1. The van der Waals surface area contributed by atoms with Gasteiger partial charge in [0.1, 0.15) is 0 Å². The molecule has 0 radical (unpaired) electrons. The van der Waals surface area contributed by atoms with Crippen LogP contribution in [0.5, 0.6) is 0 Å². The molecule has 2 heterocycles. The molecule has 2 fully saturated rings. The van der Waals surface area contributed by atoms with Gasteiger partial charge in [-0.15, -0.1) is 0 Å². The van der Waals surface area contributed by atoms with E-state index in [1.54, 1.807) is 0 Å². The van der Waals surface area contributed by atoms with Gasteiger partial charge in [-0.3, -0.25) is 4.79 Å². The molecule has 14 heavy (non-hydrogen) atoms. The average molecular weight is 214 g/mol. The lowest BCUT2D eigenvalue weighted by Crippen LogP contribution is -2.32. The van der Waals surface area contributed by atoms with Crippen molar-refractivity contribution in [3.63, 3.8) is 0 Å². The van der Waals surface area contributed by atoms with Crippen molar-refractivity contribution in [3.8, 4) is 0 Å². The fraction of sp³-hybridized carbons (Fsp3) is 0.900. The summed E-state index contributed by atoms with van der Waals surface area (Å²) in [5, 5.41) is 0.690. The van der Waals surface area contributed by atoms with Crippen LogP contribution in [0.2, 0.25) is 0 Å². The summed E-state index contributed by atoms with van der Waals surface area (Å²) < 4.78 is 0. The standard InChI is InChI=1S/C10H18N2OS/c11-5-8-4-10(13)12(6-8)7-9-2-1-3-14-9/h8-9H,1-7,11H2. The van der Waals surface area contributed by atoms with Gasteiger partial charge in [0.15, 0.2) is 0 Å². The molecule has 0 saturated carbocycles. The topological polar surface area (TPSA) is 46.3 Å². The third-order valence-electron chi connectivity index (χ3n) is 3.08. The summed E-state index contributed by atoms with van der Waals surface area (Å²) in [5.41, 5.74) is 5.58. The van der Waals surface area contributed by atoms with Crippen LogP contribution >= 0.6 is 11.8 Å². The SMILES string of the molecule is NCC1CC(=O)N(CC2CCCS2)C1. The molecule has 2 atom stereocenters. The molecule has 2 aliphatic heterocycles. The zero-order chi connectivity index (χ0) is 9.97. The van der Waals surface area contributed by atoms with Gasteiger partial charge in [-0.25, -0.2) is 0 Å². The maximum Gasteiger partial charge on any atom is 0.223 e. The molecule has 0 aromatic heterocycles. The number of hydrogen-bond donors (Lipinski definition) is 1. The molecule has 80 valence electrons. The smallest absolute Gasteiger partial charge is 0.223 e. The Kier molecular flexibility index (Phi) is 3.34. The molecule has 2 unspecified atom stereocenters. The fourth-order valence-electron chi connectivity index (χ4n) is 2.22. The maximum atomic E-state index is 11.6. The van der Waals surface area contributed by atoms with Crippen LogP contribution in [0.3, 0.4) is 0 Å². The van der Waals surface area contributed by atoms with E-state index in [9.17, 15) is 4.79 Å². The number of nitrogens with zero attached hydrogens (tertiary/aromatic N) is 1. The second-order valence-corrected chi connectivity index (χ2v) is 5.65. The molecule has 0 bridgehead atoms. The molecule has 4 heteroatoms. The van der Waals surface area contributed by atoms with E-state index in [0.717, 1.165) is 13.1 Å². The largest absolute Gasteiger partial charge is 0.341 e. The number of hydrogen-bond acceptors (Lipinski definition) is 3. The monoisotopic (exact) mass is 214 g/mol. The molecule has 0 aromatic carbocycles. The second kappa shape index (κ2) is 4.53. The van der Waals surface area contributed by atoms with Crippen LogP contribution in [0, 0.1) is 5.92 Å². The summed E-state index contributed by atoms with van der Waals surface area (Å²) in [6.07, 6.45) is 3.27. The fourth-order valence-corrected chi connectivity index (χ4v) is 3.51. The van der Waals surface area contributed by atoms with Crippen molar-refractivity contribution in [2.24, 2.45) is 11.7 Å². The molecule has 3 nitrogen and oxygen atoms in total. The lowest BCUT2D eigenvalue weighted by Gasteiger charge is -2.20. The van der Waals surface area contributed by atoms with Gasteiger partial charge >= 0.3 is 0 Å². The van der Waals surface area contributed by atoms with Crippen LogP contribution in [0.1, 0.15) is 19.3 Å². The van der Waals surface area contributed by atoms with Crippen LogP contribution in [0.4, 0.5) is 0 Å². The summed E-state index contributed by atoms with van der Waals surface area (Å²) in [5.74, 6) is 1.99. The van der Waals surface area contributed by atoms with Crippen molar-refractivity contribution in [1.82, 2.24) is 4.90 Å². The summed E-state index contributed by atoms with van der Waals surface area (Å²) in [6.45, 7) is 2.51. The van der Waals surface area contributed by atoms with Gasteiger partial charge in [0.2, 0.25) is 5.91 Å². The number of carbonyl (C=O) groups is 1. The van der Waals surface area contributed by atoms with Crippen molar-refractivity contribution in [2.75, 3.05) is 25.4 Å². The van der Waals surface area contributed by atoms with E-state index in [-0.39, 0.29) is 0 Å². The van der Waals surface area contributed by atoms with Gasteiger partial charge in [-0.1, -0.05) is 0 Å². The van der Waals surface area contributed by atoms with Gasteiger partial charge < -0.3 is 10.6 Å². The van der Waals surface area contributed by atoms with E-state index in [1.165, 1.54) is 18.6 Å². The summed E-state index contributed by atoms with van der Waals surface area (Å²) in [4.78, 5) is 13.6. The first-order chi connectivity index (χ1) is 6.79. The van der Waals surface area contributed by atoms with E-state index in [0.29, 0.717) is 30.0 Å². The van der Waals surface area contributed by atoms with Crippen LogP contribution < -0.4 is 5.73 Å². The molecule has 1 amide bonds. The Morgan fingerprint density at radius 2 is 2.43 bits per heavy atom. The van der Waals surface area contributed by atoms with E-state index < -0.39 is 0 Å². The Hall–Kier alpha value is -0.220. The molecule has 0 aliphatic carbocycles. The number of amides is 1. The number of likely N-dealkylation sites (tertiary alicyclic amines) is 1. The van der Waals surface area contributed by atoms with Crippen LogP contribution in [-0.2, 0) is 4.79 Å². The van der Waals surface area contributed by atoms with Gasteiger partial charge in [0.25, 0.3) is 0 Å². The van der Waals surface area contributed by atoms with Gasteiger partial charge in [-0.2, -0.15) is 11.8 Å². The van der Waals surface area contributed by atoms with Crippen LogP contribution in [0.25, 0.3) is 0 Å². The second-order valence-electron chi connectivity index (χ2n) is 4.24. The molecule has 0 aromatic rings. The minimum absolute atomic E-state index is 0.313. The summed E-state index contributed by atoms with van der Waals surface area (Å²) >= 11 is 2.01. The molecule has 2 N–H and O–H groups in total. The predicted octanol–water partition coefficient (Wildman–Crippen LogP) is 0.689. The predicted molar refractivity (Wildman–Crippen MR) is 59.2 cm³/mol. The van der Waals surface area contributed by atoms with Crippen molar-refractivity contribution in [3.05, 3.63) is 0 Å². The van der Waals surface area contributed by atoms with Crippen molar-refractivity contribution < 1.29 is 4.79 Å². The van der Waals surface area contributed by atoms with Crippen LogP contribution in [-0.4, -0.2) is 41.4 Å². The molecule has 2 rings (SSSR count). The third-order valence-corrected chi connectivity index (χ3v) is 4.46. The first kappa shape index (κ1) is 10.3. The van der Waals surface area contributed by atoms with Crippen molar-refractivity contribution in [1.29, 1.82) is 0 Å². The maximum absolute atomic E-state index is 11.6. The molecule has 0 spiro atoms. The van der Waals surface area contributed by atoms with E-state index in [1.807, 2.05) is 16.7 Å². The van der Waals surface area contributed by atoms with E-state index in [4.69, 9.17) is 5.73 Å². The summed E-state index contributed by atoms with van der Waals surface area (Å²) in [6, 6.07) is 0. The molecule has 2 aliphatic rings. The lowest BCUT2D eigenvalue weighted by atomic mass is 10.1. The van der Waals surface area contributed by atoms with E-state index in [2.05, 4.69) is 0 Å². The Morgan fingerprint density at radius 3 is 3.00 bits per heavy atom. The normalized spacial score (nSPS) is 32.9. The van der Waals surface area contributed by atoms with Gasteiger partial charge in [-0.05, 0) is 31.1 Å². The third kappa shape index (κ3) is 2.23. The highest BCUT2D eigenvalue weighted by Gasteiger charge is 2.30. The molecule has 2 saturated heterocycles. The van der Waals surface area contributed by atoms with Crippen LogP contribution in [0.15, 0.2) is 0 Å². The Labute approximate surface area is 89.4 Å². The minimum atomic E-state index is 0.313. The number of thioether (sulfide) groups is 1. The minimum Gasteiger partial charge on any atom is -0.341 e. The summed E-state index contributed by atoms with van der Waals surface area (Å²) in [7, 11) is 0. The van der Waals surface area contributed by atoms with Crippen molar-refractivity contribution >= 4 is 17.7 Å². The number of rotatable bonds is 3. The average Bonchev–Trinajstić information content (AvgIpc) is 2.78. The first-order valence-corrected chi connectivity index (χ1v) is 6.44. The molecular formula is C10H18N2OS. The van der Waals surface area contributed by atoms with Gasteiger partial charge in [0.05, 0.1) is 0 Å². The zero-order valence-corrected chi connectivity index (χ0v) is 9.26. The highest BCUT2D eigenvalue weighted by Crippen LogP contribution is 2.28.